The summed E-state index contributed by atoms with van der Waals surface area (Å²) in [6.07, 6.45) is 3.88. The van der Waals surface area contributed by atoms with Crippen molar-refractivity contribution in [2.75, 3.05) is 39.9 Å². The fourth-order valence-electron chi connectivity index (χ4n) is 2.49. The molecular formula is C13H28N2O. The van der Waals surface area contributed by atoms with E-state index in [9.17, 15) is 0 Å². The minimum absolute atomic E-state index is 0.659. The highest BCUT2D eigenvalue weighted by molar-refractivity contribution is 4.78. The first-order valence-corrected chi connectivity index (χ1v) is 6.71. The highest BCUT2D eigenvalue weighted by atomic mass is 16.5. The molecule has 1 saturated heterocycles. The van der Waals surface area contributed by atoms with Crippen LogP contribution in [0.25, 0.3) is 0 Å². The van der Waals surface area contributed by atoms with Crippen LogP contribution in [-0.4, -0.2) is 50.8 Å². The van der Waals surface area contributed by atoms with Crippen molar-refractivity contribution in [1.82, 2.24) is 10.2 Å². The third-order valence-corrected chi connectivity index (χ3v) is 3.44. The molecule has 1 N–H and O–H groups in total. The molecule has 2 unspecified atom stereocenters. The lowest BCUT2D eigenvalue weighted by Gasteiger charge is -2.36. The Morgan fingerprint density at radius 1 is 1.50 bits per heavy atom. The molecule has 1 aliphatic rings. The molecule has 0 aliphatic carbocycles. The van der Waals surface area contributed by atoms with Crippen LogP contribution in [-0.2, 0) is 4.74 Å². The van der Waals surface area contributed by atoms with Gasteiger partial charge in [-0.15, -0.1) is 0 Å². The second-order valence-electron chi connectivity index (χ2n) is 5.01. The Labute approximate surface area is 101 Å². The highest BCUT2D eigenvalue weighted by Crippen LogP contribution is 2.18. The number of nitrogens with one attached hydrogen (secondary N) is 1. The third kappa shape index (κ3) is 4.81. The summed E-state index contributed by atoms with van der Waals surface area (Å²) in [5.74, 6) is 0.743. The number of piperidine rings is 1. The molecule has 3 heteroatoms. The Bertz CT molecular complexity index is 173. The Balaban J connectivity index is 2.23. The van der Waals surface area contributed by atoms with Gasteiger partial charge in [-0.25, -0.2) is 0 Å². The molecule has 1 heterocycles. The van der Waals surface area contributed by atoms with Gasteiger partial charge in [-0.2, -0.15) is 0 Å². The zero-order chi connectivity index (χ0) is 11.8. The maximum atomic E-state index is 5.27. The quantitative estimate of drug-likeness (QED) is 0.672. The van der Waals surface area contributed by atoms with E-state index in [0.717, 1.165) is 25.6 Å². The molecule has 0 amide bonds. The number of ether oxygens (including phenoxy) is 1. The van der Waals surface area contributed by atoms with Gasteiger partial charge in [-0.1, -0.05) is 6.92 Å². The molecule has 3 nitrogen and oxygen atoms in total. The minimum Gasteiger partial charge on any atom is -0.384 e. The first-order chi connectivity index (χ1) is 7.77. The summed E-state index contributed by atoms with van der Waals surface area (Å²) in [7, 11) is 1.81. The smallest absolute Gasteiger partial charge is 0.0502 e. The van der Waals surface area contributed by atoms with E-state index >= 15 is 0 Å². The van der Waals surface area contributed by atoms with Gasteiger partial charge in [0, 0.05) is 26.2 Å². The number of hydrogen-bond donors (Lipinski definition) is 1. The second kappa shape index (κ2) is 8.04. The Hall–Kier alpha value is -0.120. The summed E-state index contributed by atoms with van der Waals surface area (Å²) in [5, 5.41) is 3.51. The van der Waals surface area contributed by atoms with Crippen LogP contribution >= 0.6 is 0 Å². The van der Waals surface area contributed by atoms with E-state index in [1.807, 2.05) is 7.11 Å². The molecule has 16 heavy (non-hydrogen) atoms. The molecule has 0 radical (unpaired) electrons. The number of rotatable bonds is 7. The molecule has 1 rings (SSSR count). The van der Waals surface area contributed by atoms with Gasteiger partial charge in [0.15, 0.2) is 0 Å². The van der Waals surface area contributed by atoms with Crippen molar-refractivity contribution in [3.05, 3.63) is 0 Å². The maximum Gasteiger partial charge on any atom is 0.0502 e. The van der Waals surface area contributed by atoms with E-state index in [0.29, 0.717) is 6.04 Å². The predicted molar refractivity (Wildman–Crippen MR) is 68.8 cm³/mol. The molecule has 2 atom stereocenters. The van der Waals surface area contributed by atoms with Crippen LogP contribution in [0.15, 0.2) is 0 Å². The summed E-state index contributed by atoms with van der Waals surface area (Å²) >= 11 is 0. The fraction of sp³-hybridized carbons (Fsp3) is 1.00. The summed E-state index contributed by atoms with van der Waals surface area (Å²) in [4.78, 5) is 2.61. The van der Waals surface area contributed by atoms with Crippen LogP contribution < -0.4 is 5.32 Å². The van der Waals surface area contributed by atoms with Gasteiger partial charge in [-0.3, -0.25) is 4.90 Å². The summed E-state index contributed by atoms with van der Waals surface area (Å²) in [6, 6.07) is 0.659. The molecule has 1 aliphatic heterocycles. The van der Waals surface area contributed by atoms with Crippen molar-refractivity contribution in [3.63, 3.8) is 0 Å². The van der Waals surface area contributed by atoms with Crippen molar-refractivity contribution in [2.45, 2.75) is 39.2 Å². The number of nitrogens with zero attached hydrogens (tertiary/aromatic N) is 1. The van der Waals surface area contributed by atoms with Crippen LogP contribution in [0.1, 0.15) is 33.1 Å². The van der Waals surface area contributed by atoms with Crippen LogP contribution in [0.5, 0.6) is 0 Å². The van der Waals surface area contributed by atoms with Crippen LogP contribution in [0.3, 0.4) is 0 Å². The topological polar surface area (TPSA) is 24.5 Å². The molecule has 0 aromatic carbocycles. The zero-order valence-electron chi connectivity index (χ0n) is 11.2. The zero-order valence-corrected chi connectivity index (χ0v) is 11.2. The van der Waals surface area contributed by atoms with E-state index < -0.39 is 0 Å². The standard InChI is InChI=1S/C13H28N2O/c1-4-7-14-9-12(2)15-8-5-6-13(10-15)11-16-3/h12-14H,4-11H2,1-3H3. The average Bonchev–Trinajstić information content (AvgIpc) is 2.30. The Kier molecular flexibility index (Phi) is 7.01. The van der Waals surface area contributed by atoms with Crippen molar-refractivity contribution in [2.24, 2.45) is 5.92 Å². The number of hydrogen-bond acceptors (Lipinski definition) is 3. The van der Waals surface area contributed by atoms with E-state index in [1.165, 1.54) is 32.4 Å². The van der Waals surface area contributed by atoms with Gasteiger partial charge in [0.1, 0.15) is 0 Å². The lowest BCUT2D eigenvalue weighted by atomic mass is 9.97. The van der Waals surface area contributed by atoms with Gasteiger partial charge in [0.2, 0.25) is 0 Å². The number of methoxy groups -OCH3 is 1. The molecule has 0 aromatic rings. The number of likely N-dealkylation sites (tertiary alicyclic amines) is 1. The van der Waals surface area contributed by atoms with Crippen LogP contribution in [0, 0.1) is 5.92 Å². The third-order valence-electron chi connectivity index (χ3n) is 3.44. The van der Waals surface area contributed by atoms with E-state index in [1.54, 1.807) is 0 Å². The van der Waals surface area contributed by atoms with Crippen molar-refractivity contribution in [1.29, 1.82) is 0 Å². The van der Waals surface area contributed by atoms with Gasteiger partial charge in [0.05, 0.1) is 6.61 Å². The van der Waals surface area contributed by atoms with E-state index in [4.69, 9.17) is 4.74 Å². The average molecular weight is 228 g/mol. The molecule has 0 spiro atoms. The SMILES string of the molecule is CCCNCC(C)N1CCCC(COC)C1. The maximum absolute atomic E-state index is 5.27. The van der Waals surface area contributed by atoms with Crippen LogP contribution in [0.2, 0.25) is 0 Å². The largest absolute Gasteiger partial charge is 0.384 e. The summed E-state index contributed by atoms with van der Waals surface area (Å²) in [6.45, 7) is 10.2. The molecule has 0 bridgehead atoms. The molecule has 0 aromatic heterocycles. The molecule has 0 saturated carbocycles. The normalized spacial score (nSPS) is 24.6. The van der Waals surface area contributed by atoms with E-state index in [-0.39, 0.29) is 0 Å². The molecular weight excluding hydrogens is 200 g/mol. The lowest BCUT2D eigenvalue weighted by molar-refractivity contribution is 0.0721. The van der Waals surface area contributed by atoms with Crippen molar-refractivity contribution >= 4 is 0 Å². The Morgan fingerprint density at radius 2 is 2.31 bits per heavy atom. The van der Waals surface area contributed by atoms with Gasteiger partial charge in [-0.05, 0) is 45.2 Å². The second-order valence-corrected chi connectivity index (χ2v) is 5.01. The van der Waals surface area contributed by atoms with E-state index in [2.05, 4.69) is 24.1 Å². The molecule has 96 valence electrons. The first kappa shape index (κ1) is 13.9. The van der Waals surface area contributed by atoms with Crippen molar-refractivity contribution < 1.29 is 4.74 Å². The van der Waals surface area contributed by atoms with Gasteiger partial charge >= 0.3 is 0 Å². The van der Waals surface area contributed by atoms with Crippen LogP contribution in [0.4, 0.5) is 0 Å². The molecule has 1 fully saturated rings. The highest BCUT2D eigenvalue weighted by Gasteiger charge is 2.22. The van der Waals surface area contributed by atoms with Gasteiger partial charge in [0.25, 0.3) is 0 Å². The monoisotopic (exact) mass is 228 g/mol. The fourth-order valence-corrected chi connectivity index (χ4v) is 2.49. The Morgan fingerprint density at radius 3 is 3.00 bits per heavy atom. The predicted octanol–water partition coefficient (Wildman–Crippen LogP) is 1.73. The summed E-state index contributed by atoms with van der Waals surface area (Å²) < 4.78 is 5.27. The lowest BCUT2D eigenvalue weighted by Crippen LogP contribution is -2.46. The van der Waals surface area contributed by atoms with Gasteiger partial charge < -0.3 is 10.1 Å². The minimum atomic E-state index is 0.659. The summed E-state index contributed by atoms with van der Waals surface area (Å²) in [5.41, 5.74) is 0. The first-order valence-electron chi connectivity index (χ1n) is 6.71. The van der Waals surface area contributed by atoms with Crippen molar-refractivity contribution in [3.8, 4) is 0 Å².